The molecule has 4 heterocycles. The van der Waals surface area contributed by atoms with Crippen molar-refractivity contribution in [3.8, 4) is 17.6 Å². The Balaban J connectivity index is 1.39. The zero-order valence-electron chi connectivity index (χ0n) is 21.4. The number of methoxy groups -OCH3 is 1. The summed E-state index contributed by atoms with van der Waals surface area (Å²) in [6.07, 6.45) is 7.13. The molecule has 13 heteroatoms. The number of hydrogen-bond acceptors (Lipinski definition) is 8. The van der Waals surface area contributed by atoms with Crippen molar-refractivity contribution in [1.82, 2.24) is 25.0 Å². The number of carbonyl (C=O) groups is 1. The Morgan fingerprint density at radius 1 is 1.28 bits per heavy atom. The van der Waals surface area contributed by atoms with Crippen LogP contribution in [0, 0.1) is 11.8 Å². The second kappa shape index (κ2) is 11.2. The highest BCUT2D eigenvalue weighted by Gasteiger charge is 2.36. The number of benzene rings is 1. The van der Waals surface area contributed by atoms with Crippen molar-refractivity contribution >= 4 is 34.8 Å². The first-order valence-electron chi connectivity index (χ1n) is 12.5. The lowest BCUT2D eigenvalue weighted by Crippen LogP contribution is -2.47. The van der Waals surface area contributed by atoms with Crippen LogP contribution < -0.4 is 26.0 Å². The Hall–Kier alpha value is -3.63. The van der Waals surface area contributed by atoms with Gasteiger partial charge < -0.3 is 26.0 Å². The molecule has 2 saturated heterocycles. The van der Waals surface area contributed by atoms with Crippen LogP contribution in [0.1, 0.15) is 41.7 Å². The number of imidazole rings is 1. The lowest BCUT2D eigenvalue weighted by Gasteiger charge is -2.31. The monoisotopic (exact) mass is 559 g/mol. The zero-order chi connectivity index (χ0) is 27.6. The Bertz CT molecular complexity index is 1430. The van der Waals surface area contributed by atoms with Crippen molar-refractivity contribution in [2.24, 2.45) is 0 Å². The maximum Gasteiger partial charge on any atom is 0.447 e. The standard InChI is InChI=1S/C26H28F3N7O2S/c1-30-24(37)15-5-8-19(21(14-15)38-2)31-11-3-4-20-25(39-26(27,28)29)36-13-12-32-22(23(36)35-20)34-18-10-7-16-6-9-17(18)33-16/h5,8,12-14,16-18,31,33H,6-7,9-11H2,1-2H3,(H,30,37)(H,32,34)/t16-,17+,18+/m0/s1. The molecule has 5 rings (SSSR count). The highest BCUT2D eigenvalue weighted by Crippen LogP contribution is 2.39. The number of halogens is 3. The normalized spacial score (nSPS) is 20.3. The fourth-order valence-electron chi connectivity index (χ4n) is 5.06. The summed E-state index contributed by atoms with van der Waals surface area (Å²) in [4.78, 5) is 20.7. The SMILES string of the molecule is CNC(=O)c1ccc(NCC#Cc2nc3c(N[C@@H]4CC[C@@H]5CC[C@H]4N5)nccn3c2SC(F)(F)F)c(OC)c1. The second-order valence-electron chi connectivity index (χ2n) is 9.31. The number of piperidine rings is 1. The van der Waals surface area contributed by atoms with Gasteiger partial charge >= 0.3 is 5.51 Å². The van der Waals surface area contributed by atoms with Crippen LogP contribution in [0.25, 0.3) is 5.65 Å². The van der Waals surface area contributed by atoms with Crippen molar-refractivity contribution in [2.45, 2.75) is 54.3 Å². The molecule has 0 aliphatic carbocycles. The topological polar surface area (TPSA) is 105 Å². The Morgan fingerprint density at radius 2 is 2.10 bits per heavy atom. The molecule has 0 radical (unpaired) electrons. The van der Waals surface area contributed by atoms with E-state index in [1.165, 1.54) is 31.0 Å². The molecule has 39 heavy (non-hydrogen) atoms. The number of amides is 1. The van der Waals surface area contributed by atoms with Gasteiger partial charge in [-0.1, -0.05) is 5.92 Å². The van der Waals surface area contributed by atoms with E-state index in [0.717, 1.165) is 25.7 Å². The van der Waals surface area contributed by atoms with Crippen LogP contribution in [0.5, 0.6) is 5.75 Å². The average Bonchev–Trinajstić information content (AvgIpc) is 3.48. The minimum atomic E-state index is -4.52. The molecule has 2 fully saturated rings. The maximum atomic E-state index is 13.5. The first-order valence-corrected chi connectivity index (χ1v) is 13.4. The summed E-state index contributed by atoms with van der Waals surface area (Å²) in [6.45, 7) is 0.111. The summed E-state index contributed by atoms with van der Waals surface area (Å²) >= 11 is -0.251. The molecule has 2 bridgehead atoms. The van der Waals surface area contributed by atoms with Gasteiger partial charge in [0.1, 0.15) is 16.5 Å². The van der Waals surface area contributed by atoms with Crippen molar-refractivity contribution in [1.29, 1.82) is 0 Å². The van der Waals surface area contributed by atoms with Crippen LogP contribution in [-0.2, 0) is 0 Å². The van der Waals surface area contributed by atoms with Crippen molar-refractivity contribution < 1.29 is 22.7 Å². The molecule has 0 saturated carbocycles. The molecule has 3 atom stereocenters. The van der Waals surface area contributed by atoms with E-state index in [0.29, 0.717) is 40.5 Å². The average molecular weight is 560 g/mol. The van der Waals surface area contributed by atoms with E-state index in [4.69, 9.17) is 4.74 Å². The predicted octanol–water partition coefficient (Wildman–Crippen LogP) is 3.87. The summed E-state index contributed by atoms with van der Waals surface area (Å²) in [5, 5.41) is 12.5. The largest absolute Gasteiger partial charge is 0.495 e. The molecule has 3 aromatic rings. The van der Waals surface area contributed by atoms with Gasteiger partial charge in [0.05, 0.1) is 19.3 Å². The molecule has 0 spiro atoms. The van der Waals surface area contributed by atoms with Crippen LogP contribution in [0.3, 0.4) is 0 Å². The molecule has 1 aromatic carbocycles. The lowest BCUT2D eigenvalue weighted by molar-refractivity contribution is -0.0330. The molecule has 2 aromatic heterocycles. The molecule has 2 aliphatic rings. The predicted molar refractivity (Wildman–Crippen MR) is 143 cm³/mol. The number of fused-ring (bicyclic) bond motifs is 3. The van der Waals surface area contributed by atoms with Crippen LogP contribution in [-0.4, -0.2) is 64.6 Å². The third-order valence-corrected chi connectivity index (χ3v) is 7.70. The smallest absolute Gasteiger partial charge is 0.447 e. The number of carbonyl (C=O) groups excluding carboxylic acids is 1. The van der Waals surface area contributed by atoms with E-state index in [1.54, 1.807) is 18.2 Å². The summed E-state index contributed by atoms with van der Waals surface area (Å²) in [6, 6.07) is 5.87. The molecule has 4 N–H and O–H groups in total. The minimum Gasteiger partial charge on any atom is -0.495 e. The highest BCUT2D eigenvalue weighted by molar-refractivity contribution is 8.00. The quantitative estimate of drug-likeness (QED) is 0.256. The van der Waals surface area contributed by atoms with E-state index in [9.17, 15) is 18.0 Å². The van der Waals surface area contributed by atoms with Gasteiger partial charge in [0.25, 0.3) is 5.91 Å². The van der Waals surface area contributed by atoms with Crippen LogP contribution in [0.4, 0.5) is 24.7 Å². The third kappa shape index (κ3) is 6.02. The van der Waals surface area contributed by atoms with Gasteiger partial charge in [-0.15, -0.1) is 0 Å². The van der Waals surface area contributed by atoms with Gasteiger partial charge in [0.15, 0.2) is 11.5 Å². The summed E-state index contributed by atoms with van der Waals surface area (Å²) < 4.78 is 47.2. The van der Waals surface area contributed by atoms with Gasteiger partial charge in [0, 0.05) is 54.9 Å². The van der Waals surface area contributed by atoms with E-state index >= 15 is 0 Å². The van der Waals surface area contributed by atoms with Crippen molar-refractivity contribution in [3.05, 3.63) is 41.9 Å². The molecule has 1 amide bonds. The van der Waals surface area contributed by atoms with E-state index in [1.807, 2.05) is 0 Å². The number of nitrogens with one attached hydrogen (secondary N) is 4. The van der Waals surface area contributed by atoms with Crippen molar-refractivity contribution in [2.75, 3.05) is 31.3 Å². The second-order valence-corrected chi connectivity index (χ2v) is 10.4. The van der Waals surface area contributed by atoms with Gasteiger partial charge in [0.2, 0.25) is 0 Å². The number of thioether (sulfide) groups is 1. The zero-order valence-corrected chi connectivity index (χ0v) is 22.2. The summed E-state index contributed by atoms with van der Waals surface area (Å²) in [5.41, 5.74) is -3.19. The number of nitrogens with zero attached hydrogens (tertiary/aromatic N) is 3. The third-order valence-electron chi connectivity index (χ3n) is 6.89. The Morgan fingerprint density at radius 3 is 2.87 bits per heavy atom. The Kier molecular flexibility index (Phi) is 7.76. The lowest BCUT2D eigenvalue weighted by atomic mass is 10.00. The molecule has 0 unspecified atom stereocenters. The van der Waals surface area contributed by atoms with Crippen LogP contribution in [0.2, 0.25) is 0 Å². The van der Waals surface area contributed by atoms with Gasteiger partial charge in [-0.05, 0) is 49.8 Å². The van der Waals surface area contributed by atoms with E-state index < -0.39 is 5.51 Å². The first-order chi connectivity index (χ1) is 18.8. The molecule has 206 valence electrons. The van der Waals surface area contributed by atoms with Gasteiger partial charge in [-0.25, -0.2) is 9.97 Å². The first kappa shape index (κ1) is 27.0. The van der Waals surface area contributed by atoms with E-state index in [-0.39, 0.29) is 41.0 Å². The van der Waals surface area contributed by atoms with Crippen LogP contribution >= 0.6 is 11.8 Å². The van der Waals surface area contributed by atoms with Crippen molar-refractivity contribution in [3.63, 3.8) is 0 Å². The Labute approximate surface area is 227 Å². The molecular weight excluding hydrogens is 531 g/mol. The number of aromatic nitrogens is 3. The minimum absolute atomic E-state index is 0.0137. The molecule has 2 aliphatic heterocycles. The number of rotatable bonds is 7. The van der Waals surface area contributed by atoms with Crippen LogP contribution in [0.15, 0.2) is 35.6 Å². The number of anilines is 2. The molecule has 9 nitrogen and oxygen atoms in total. The summed E-state index contributed by atoms with van der Waals surface area (Å²) in [5.74, 6) is 6.27. The van der Waals surface area contributed by atoms with Gasteiger partial charge in [-0.3, -0.25) is 9.20 Å². The van der Waals surface area contributed by atoms with Gasteiger partial charge in [-0.2, -0.15) is 13.2 Å². The number of alkyl halides is 3. The molecular formula is C26H28F3N7O2S. The fraction of sp³-hybridized carbons (Fsp3) is 0.423. The fourth-order valence-corrected chi connectivity index (χ4v) is 5.72. The van der Waals surface area contributed by atoms with E-state index in [2.05, 4.69) is 43.1 Å². The highest BCUT2D eigenvalue weighted by atomic mass is 32.2. The number of hydrogen-bond donors (Lipinski definition) is 4. The maximum absolute atomic E-state index is 13.5. The number of ether oxygens (including phenoxy) is 1. The summed E-state index contributed by atoms with van der Waals surface area (Å²) in [7, 11) is 3.01.